The van der Waals surface area contributed by atoms with E-state index in [4.69, 9.17) is 5.73 Å². The first-order chi connectivity index (χ1) is 19.5. The fourth-order valence-corrected chi connectivity index (χ4v) is 4.14. The smallest absolute Gasteiger partial charge is 0.404 e. The van der Waals surface area contributed by atoms with Gasteiger partial charge in [-0.05, 0) is 83.4 Å². The molecule has 1 amide bonds. The molecule has 7 heteroatoms. The predicted octanol–water partition coefficient (Wildman–Crippen LogP) is 7.67. The van der Waals surface area contributed by atoms with Gasteiger partial charge in [-0.1, -0.05) is 101 Å². The molecule has 2 aromatic rings. The summed E-state index contributed by atoms with van der Waals surface area (Å²) in [5.74, 6) is 0.877. The summed E-state index contributed by atoms with van der Waals surface area (Å²) in [6.45, 7) is 14.4. The van der Waals surface area contributed by atoms with E-state index in [1.165, 1.54) is 97.2 Å². The SMILES string of the molecule is C1CCC(CN2CCCCC2)CC1.CC.CC.CN.CN.Cc1ccc(F)cc1.NC(=O)OCc1ccccc1. The number of benzene rings is 2. The van der Waals surface area contributed by atoms with Crippen molar-refractivity contribution in [2.24, 2.45) is 23.1 Å². The summed E-state index contributed by atoms with van der Waals surface area (Å²) in [5, 5.41) is 0. The molecule has 0 atom stereocenters. The normalized spacial score (nSPS) is 13.9. The molecule has 0 unspecified atom stereocenters. The minimum absolute atomic E-state index is 0.171. The first-order valence-electron chi connectivity index (χ1n) is 15.1. The quantitative estimate of drug-likeness (QED) is 0.353. The van der Waals surface area contributed by atoms with E-state index in [2.05, 4.69) is 21.1 Å². The topological polar surface area (TPSA) is 108 Å². The molecule has 0 bridgehead atoms. The van der Waals surface area contributed by atoms with Crippen molar-refractivity contribution in [1.82, 2.24) is 4.90 Å². The molecule has 1 heterocycles. The van der Waals surface area contributed by atoms with Crippen LogP contribution in [0.2, 0.25) is 0 Å². The number of nitrogens with two attached hydrogens (primary N) is 3. The highest BCUT2D eigenvalue weighted by Crippen LogP contribution is 2.25. The zero-order chi connectivity index (χ0) is 31.0. The molecule has 1 aliphatic heterocycles. The number of aryl methyl sites for hydroxylation is 1. The Hall–Kier alpha value is -2.48. The lowest BCUT2D eigenvalue weighted by Crippen LogP contribution is -2.34. The summed E-state index contributed by atoms with van der Waals surface area (Å²) in [6.07, 6.45) is 11.1. The predicted molar refractivity (Wildman–Crippen MR) is 172 cm³/mol. The zero-order valence-electron chi connectivity index (χ0n) is 26.6. The molecule has 6 nitrogen and oxygen atoms in total. The second kappa shape index (κ2) is 32.7. The lowest BCUT2D eigenvalue weighted by molar-refractivity contribution is 0.150. The maximum Gasteiger partial charge on any atom is 0.404 e. The van der Waals surface area contributed by atoms with Crippen LogP contribution in [0, 0.1) is 18.7 Å². The first-order valence-corrected chi connectivity index (χ1v) is 15.1. The van der Waals surface area contributed by atoms with Gasteiger partial charge < -0.3 is 26.8 Å². The van der Waals surface area contributed by atoms with Gasteiger partial charge >= 0.3 is 6.09 Å². The molecule has 40 heavy (non-hydrogen) atoms. The van der Waals surface area contributed by atoms with Gasteiger partial charge in [-0.25, -0.2) is 9.18 Å². The lowest BCUT2D eigenvalue weighted by atomic mass is 9.88. The fraction of sp³-hybridized carbons (Fsp3) is 0.606. The van der Waals surface area contributed by atoms with E-state index in [0.717, 1.165) is 17.0 Å². The van der Waals surface area contributed by atoms with Crippen LogP contribution in [-0.4, -0.2) is 44.7 Å². The third-order valence-electron chi connectivity index (χ3n) is 5.92. The molecule has 1 saturated heterocycles. The van der Waals surface area contributed by atoms with Crippen LogP contribution in [0.1, 0.15) is 90.2 Å². The van der Waals surface area contributed by atoms with Crippen LogP contribution < -0.4 is 17.2 Å². The number of primary amides is 1. The van der Waals surface area contributed by atoms with Crippen molar-refractivity contribution >= 4 is 6.09 Å². The second-order valence-electron chi connectivity index (χ2n) is 8.75. The van der Waals surface area contributed by atoms with Gasteiger partial charge in [0.25, 0.3) is 0 Å². The number of ether oxygens (including phenoxy) is 1. The Balaban J connectivity index is -0.000000464. The van der Waals surface area contributed by atoms with E-state index in [1.54, 1.807) is 12.1 Å². The molecule has 6 N–H and O–H groups in total. The molecule has 1 aliphatic carbocycles. The summed E-state index contributed by atoms with van der Waals surface area (Å²) in [7, 11) is 3.00. The van der Waals surface area contributed by atoms with Gasteiger partial charge in [0.2, 0.25) is 0 Å². The van der Waals surface area contributed by atoms with Gasteiger partial charge in [0.1, 0.15) is 12.4 Å². The molecular formula is C33H61FN4O2. The van der Waals surface area contributed by atoms with E-state index in [-0.39, 0.29) is 12.4 Å². The molecule has 0 aromatic heterocycles. The van der Waals surface area contributed by atoms with Crippen molar-refractivity contribution in [1.29, 1.82) is 0 Å². The van der Waals surface area contributed by atoms with Crippen LogP contribution in [0.4, 0.5) is 9.18 Å². The molecule has 2 aromatic carbocycles. The Bertz CT molecular complexity index is 712. The maximum atomic E-state index is 12.1. The van der Waals surface area contributed by atoms with Crippen LogP contribution >= 0.6 is 0 Å². The van der Waals surface area contributed by atoms with Crippen molar-refractivity contribution in [2.75, 3.05) is 33.7 Å². The second-order valence-corrected chi connectivity index (χ2v) is 8.75. The van der Waals surface area contributed by atoms with Crippen molar-refractivity contribution < 1.29 is 13.9 Å². The van der Waals surface area contributed by atoms with Gasteiger partial charge in [0.05, 0.1) is 0 Å². The molecule has 1 saturated carbocycles. The molecule has 2 aliphatic rings. The summed E-state index contributed by atoms with van der Waals surface area (Å²) in [4.78, 5) is 12.9. The van der Waals surface area contributed by atoms with Crippen molar-refractivity contribution in [3.8, 4) is 0 Å². The van der Waals surface area contributed by atoms with E-state index in [0.29, 0.717) is 0 Å². The molecule has 2 fully saturated rings. The number of likely N-dealkylation sites (tertiary alicyclic amines) is 1. The number of rotatable bonds is 4. The number of carbonyl (C=O) groups is 1. The Morgan fingerprint density at radius 2 is 1.27 bits per heavy atom. The average molecular weight is 565 g/mol. The summed E-state index contributed by atoms with van der Waals surface area (Å²) < 4.78 is 16.7. The number of piperidine rings is 1. The van der Waals surface area contributed by atoms with Crippen molar-refractivity contribution in [2.45, 2.75) is 92.6 Å². The third kappa shape index (κ3) is 25.8. The highest BCUT2D eigenvalue weighted by atomic mass is 19.1. The minimum Gasteiger partial charge on any atom is -0.445 e. The molecular weight excluding hydrogens is 503 g/mol. The van der Waals surface area contributed by atoms with Crippen LogP contribution in [-0.2, 0) is 11.3 Å². The van der Waals surface area contributed by atoms with E-state index in [1.807, 2.05) is 65.0 Å². The monoisotopic (exact) mass is 564 g/mol. The minimum atomic E-state index is -0.742. The van der Waals surface area contributed by atoms with Gasteiger partial charge in [-0.15, -0.1) is 0 Å². The third-order valence-corrected chi connectivity index (χ3v) is 5.92. The largest absolute Gasteiger partial charge is 0.445 e. The van der Waals surface area contributed by atoms with E-state index >= 15 is 0 Å². The molecule has 232 valence electrons. The summed E-state index contributed by atoms with van der Waals surface area (Å²) >= 11 is 0. The standard InChI is InChI=1S/C12H23N.C8H9NO2.C7H7F.2C2H6.2CH5N/c1-3-7-12(8-4-1)11-13-9-5-2-6-10-13;9-8(10)11-6-7-4-2-1-3-5-7;1-6-2-4-7(8)5-3-6;4*1-2/h12H,1-11H2;1-5H,6H2,(H2,9,10);2-5H,1H3;2*1-2H3;2*2H2,1H3. The van der Waals surface area contributed by atoms with Crippen LogP contribution in [0.3, 0.4) is 0 Å². The highest BCUT2D eigenvalue weighted by Gasteiger charge is 2.18. The summed E-state index contributed by atoms with van der Waals surface area (Å²) in [5.41, 5.74) is 15.8. The summed E-state index contributed by atoms with van der Waals surface area (Å²) in [6, 6.07) is 15.8. The fourth-order valence-electron chi connectivity index (χ4n) is 4.14. The molecule has 4 rings (SSSR count). The zero-order valence-corrected chi connectivity index (χ0v) is 26.6. The van der Waals surface area contributed by atoms with Gasteiger partial charge in [0.15, 0.2) is 0 Å². The van der Waals surface area contributed by atoms with Gasteiger partial charge in [-0.2, -0.15) is 0 Å². The van der Waals surface area contributed by atoms with E-state index < -0.39 is 6.09 Å². The Labute approximate surface area is 245 Å². The first kappa shape index (κ1) is 42.0. The Morgan fingerprint density at radius 3 is 1.73 bits per heavy atom. The molecule has 0 spiro atoms. The number of amides is 1. The van der Waals surface area contributed by atoms with Crippen LogP contribution in [0.15, 0.2) is 54.6 Å². The van der Waals surface area contributed by atoms with Crippen molar-refractivity contribution in [3.05, 3.63) is 71.5 Å². The average Bonchev–Trinajstić information content (AvgIpc) is 3.04. The maximum absolute atomic E-state index is 12.1. The number of carbonyl (C=O) groups excluding carboxylic acids is 1. The Morgan fingerprint density at radius 1 is 0.800 bits per heavy atom. The molecule has 0 radical (unpaired) electrons. The van der Waals surface area contributed by atoms with Crippen molar-refractivity contribution in [3.63, 3.8) is 0 Å². The van der Waals surface area contributed by atoms with Gasteiger partial charge in [0, 0.05) is 6.54 Å². The number of hydrogen-bond donors (Lipinski definition) is 3. The lowest BCUT2D eigenvalue weighted by Gasteiger charge is -2.32. The Kier molecular flexibility index (Phi) is 34.4. The van der Waals surface area contributed by atoms with Gasteiger partial charge in [-0.3, -0.25) is 0 Å². The van der Waals surface area contributed by atoms with Crippen LogP contribution in [0.25, 0.3) is 0 Å². The number of halogens is 1. The number of hydrogen-bond acceptors (Lipinski definition) is 5. The number of nitrogens with zero attached hydrogens (tertiary/aromatic N) is 1. The highest BCUT2D eigenvalue weighted by molar-refractivity contribution is 5.64. The van der Waals surface area contributed by atoms with Crippen LogP contribution in [0.5, 0.6) is 0 Å². The van der Waals surface area contributed by atoms with E-state index in [9.17, 15) is 9.18 Å².